The monoisotopic (exact) mass is 262 g/mol. The van der Waals surface area contributed by atoms with Gasteiger partial charge in [-0.05, 0) is 64.7 Å². The number of allylic oxidation sites excluding steroid dienone is 1. The number of fused-ring (bicyclic) bond motifs is 2. The molecule has 0 aromatic heterocycles. The second kappa shape index (κ2) is 4.81. The first-order chi connectivity index (χ1) is 8.79. The third-order valence-corrected chi connectivity index (χ3v) is 5.31. The number of ether oxygens (including phenoxy) is 1. The third kappa shape index (κ3) is 2.50. The van der Waals surface area contributed by atoms with E-state index in [1.54, 1.807) is 6.92 Å². The summed E-state index contributed by atoms with van der Waals surface area (Å²) in [5, 5.41) is 0. The summed E-state index contributed by atoms with van der Waals surface area (Å²) < 4.78 is 5.78. The van der Waals surface area contributed by atoms with Crippen LogP contribution in [0.15, 0.2) is 24.8 Å². The molecule has 2 fully saturated rings. The van der Waals surface area contributed by atoms with Gasteiger partial charge in [0.25, 0.3) is 0 Å². The van der Waals surface area contributed by atoms with Gasteiger partial charge < -0.3 is 4.74 Å². The highest BCUT2D eigenvalue weighted by molar-refractivity contribution is 5.87. The van der Waals surface area contributed by atoms with Crippen molar-refractivity contribution in [2.24, 2.45) is 17.3 Å². The highest BCUT2D eigenvalue weighted by Gasteiger charge is 2.55. The molecule has 2 aliphatic carbocycles. The molecule has 2 aliphatic rings. The Labute approximate surface area is 116 Å². The highest BCUT2D eigenvalue weighted by atomic mass is 16.6. The van der Waals surface area contributed by atoms with Crippen molar-refractivity contribution in [2.75, 3.05) is 0 Å². The van der Waals surface area contributed by atoms with Crippen LogP contribution in [0.3, 0.4) is 0 Å². The van der Waals surface area contributed by atoms with Gasteiger partial charge in [0.05, 0.1) is 0 Å². The van der Waals surface area contributed by atoms with Crippen LogP contribution in [0.5, 0.6) is 0 Å². The van der Waals surface area contributed by atoms with Crippen molar-refractivity contribution in [3.63, 3.8) is 0 Å². The first-order valence-corrected chi connectivity index (χ1v) is 7.31. The fourth-order valence-electron chi connectivity index (χ4n) is 4.04. The molecular formula is C17H26O2. The number of rotatable bonds is 4. The molecule has 19 heavy (non-hydrogen) atoms. The van der Waals surface area contributed by atoms with Gasteiger partial charge in [-0.3, -0.25) is 0 Å². The Balaban J connectivity index is 2.20. The van der Waals surface area contributed by atoms with E-state index >= 15 is 0 Å². The van der Waals surface area contributed by atoms with Gasteiger partial charge >= 0.3 is 5.97 Å². The average molecular weight is 262 g/mol. The van der Waals surface area contributed by atoms with Crippen LogP contribution in [0, 0.1) is 17.3 Å². The van der Waals surface area contributed by atoms with E-state index in [-0.39, 0.29) is 11.4 Å². The van der Waals surface area contributed by atoms with Crippen LogP contribution in [0.25, 0.3) is 0 Å². The maximum absolute atomic E-state index is 11.9. The zero-order chi connectivity index (χ0) is 14.3. The SMILES string of the molecule is C=CC1CC2CCC(C(C)(C)OC(=O)C(=C)C)(C1)C2. The molecule has 0 aromatic rings. The summed E-state index contributed by atoms with van der Waals surface area (Å²) in [7, 11) is 0. The fourth-order valence-corrected chi connectivity index (χ4v) is 4.04. The van der Waals surface area contributed by atoms with E-state index in [1.165, 1.54) is 25.7 Å². The summed E-state index contributed by atoms with van der Waals surface area (Å²) in [6.07, 6.45) is 8.06. The highest BCUT2D eigenvalue weighted by Crippen LogP contribution is 2.59. The van der Waals surface area contributed by atoms with Crippen LogP contribution in [-0.2, 0) is 9.53 Å². The van der Waals surface area contributed by atoms with Crippen LogP contribution in [0.4, 0.5) is 0 Å². The van der Waals surface area contributed by atoms with Crippen molar-refractivity contribution in [3.8, 4) is 0 Å². The summed E-state index contributed by atoms with van der Waals surface area (Å²) in [6.45, 7) is 13.5. The Kier molecular flexibility index (Phi) is 3.63. The molecule has 0 N–H and O–H groups in total. The summed E-state index contributed by atoms with van der Waals surface area (Å²) in [5.74, 6) is 1.09. The molecule has 0 saturated heterocycles. The smallest absolute Gasteiger partial charge is 0.333 e. The molecule has 0 heterocycles. The molecule has 0 aliphatic heterocycles. The number of esters is 1. The number of hydrogen-bond acceptors (Lipinski definition) is 2. The normalized spacial score (nSPS) is 33.8. The Hall–Kier alpha value is -1.05. The average Bonchev–Trinajstić information content (AvgIpc) is 2.65. The Morgan fingerprint density at radius 3 is 2.68 bits per heavy atom. The van der Waals surface area contributed by atoms with Crippen molar-refractivity contribution in [2.45, 2.75) is 58.5 Å². The molecule has 2 saturated carbocycles. The maximum Gasteiger partial charge on any atom is 0.333 e. The van der Waals surface area contributed by atoms with Crippen LogP contribution < -0.4 is 0 Å². The van der Waals surface area contributed by atoms with Crippen LogP contribution in [0.1, 0.15) is 52.9 Å². The summed E-state index contributed by atoms with van der Waals surface area (Å²) >= 11 is 0. The lowest BCUT2D eigenvalue weighted by Gasteiger charge is -2.47. The summed E-state index contributed by atoms with van der Waals surface area (Å²) in [5.41, 5.74) is 0.189. The summed E-state index contributed by atoms with van der Waals surface area (Å²) in [4.78, 5) is 11.9. The molecule has 0 radical (unpaired) electrons. The van der Waals surface area contributed by atoms with Gasteiger partial charge in [-0.2, -0.15) is 0 Å². The zero-order valence-electron chi connectivity index (χ0n) is 12.5. The molecular weight excluding hydrogens is 236 g/mol. The topological polar surface area (TPSA) is 26.3 Å². The molecule has 2 heteroatoms. The van der Waals surface area contributed by atoms with E-state index in [0.717, 1.165) is 12.3 Å². The van der Waals surface area contributed by atoms with E-state index < -0.39 is 5.60 Å². The predicted molar refractivity (Wildman–Crippen MR) is 77.7 cm³/mol. The lowest BCUT2D eigenvalue weighted by Crippen LogP contribution is -2.48. The quantitative estimate of drug-likeness (QED) is 0.430. The first kappa shape index (κ1) is 14.4. The lowest BCUT2D eigenvalue weighted by molar-refractivity contribution is -0.169. The number of carbonyl (C=O) groups is 1. The standard InChI is InChI=1S/C17H26O2/c1-6-13-9-14-7-8-17(10-13,11-14)16(4,5)19-15(18)12(2)3/h6,13-14H,1-2,7-11H2,3-5H3. The zero-order valence-corrected chi connectivity index (χ0v) is 12.5. The first-order valence-electron chi connectivity index (χ1n) is 7.31. The van der Waals surface area contributed by atoms with E-state index in [2.05, 4.69) is 33.1 Å². The van der Waals surface area contributed by atoms with Gasteiger partial charge in [0.2, 0.25) is 0 Å². The molecule has 2 bridgehead atoms. The van der Waals surface area contributed by atoms with E-state index in [1.807, 2.05) is 0 Å². The van der Waals surface area contributed by atoms with Gasteiger partial charge in [0.1, 0.15) is 5.60 Å². The Morgan fingerprint density at radius 1 is 1.42 bits per heavy atom. The molecule has 0 spiro atoms. The van der Waals surface area contributed by atoms with Crippen LogP contribution in [0.2, 0.25) is 0 Å². The minimum absolute atomic E-state index is 0.125. The largest absolute Gasteiger partial charge is 0.456 e. The molecule has 106 valence electrons. The second-order valence-electron chi connectivity index (χ2n) is 7.00. The van der Waals surface area contributed by atoms with Gasteiger partial charge in [0.15, 0.2) is 0 Å². The van der Waals surface area contributed by atoms with Gasteiger partial charge in [0, 0.05) is 11.0 Å². The van der Waals surface area contributed by atoms with E-state index in [9.17, 15) is 4.79 Å². The molecule has 3 unspecified atom stereocenters. The molecule has 2 rings (SSSR count). The van der Waals surface area contributed by atoms with Crippen molar-refractivity contribution < 1.29 is 9.53 Å². The van der Waals surface area contributed by atoms with Crippen molar-refractivity contribution in [3.05, 3.63) is 24.8 Å². The third-order valence-electron chi connectivity index (χ3n) is 5.31. The van der Waals surface area contributed by atoms with Gasteiger partial charge in [-0.15, -0.1) is 6.58 Å². The summed E-state index contributed by atoms with van der Waals surface area (Å²) in [6, 6.07) is 0. The molecule has 0 amide bonds. The van der Waals surface area contributed by atoms with Crippen LogP contribution in [-0.4, -0.2) is 11.6 Å². The second-order valence-corrected chi connectivity index (χ2v) is 7.00. The molecule has 2 nitrogen and oxygen atoms in total. The fraction of sp³-hybridized carbons (Fsp3) is 0.706. The minimum atomic E-state index is -0.417. The van der Waals surface area contributed by atoms with Crippen LogP contribution >= 0.6 is 0 Å². The number of carbonyl (C=O) groups excluding carboxylic acids is 1. The van der Waals surface area contributed by atoms with Gasteiger partial charge in [-0.25, -0.2) is 4.79 Å². The van der Waals surface area contributed by atoms with Crippen molar-refractivity contribution in [1.29, 1.82) is 0 Å². The minimum Gasteiger partial charge on any atom is -0.456 e. The van der Waals surface area contributed by atoms with E-state index in [4.69, 9.17) is 4.74 Å². The van der Waals surface area contributed by atoms with Crippen molar-refractivity contribution in [1.82, 2.24) is 0 Å². The molecule has 3 atom stereocenters. The maximum atomic E-state index is 11.9. The van der Waals surface area contributed by atoms with Gasteiger partial charge in [-0.1, -0.05) is 12.7 Å². The predicted octanol–water partition coefficient (Wildman–Crippen LogP) is 4.27. The Bertz CT molecular complexity index is 407. The Morgan fingerprint density at radius 2 is 2.11 bits per heavy atom. The number of hydrogen-bond donors (Lipinski definition) is 0. The molecule has 0 aromatic carbocycles. The van der Waals surface area contributed by atoms with E-state index in [0.29, 0.717) is 11.5 Å². The lowest BCUT2D eigenvalue weighted by atomic mass is 9.63. The van der Waals surface area contributed by atoms with Crippen molar-refractivity contribution >= 4 is 5.97 Å².